The zero-order valence-electron chi connectivity index (χ0n) is 14.7. The van der Waals surface area contributed by atoms with Gasteiger partial charge in [-0.25, -0.2) is 0 Å². The lowest BCUT2D eigenvalue weighted by Crippen LogP contribution is -2.12. The van der Waals surface area contributed by atoms with Crippen LogP contribution in [0, 0.1) is 11.3 Å². The molecule has 0 aromatic heterocycles. The molecule has 3 rings (SSSR count). The fraction of sp³-hybridized carbons (Fsp3) is 0.0909. The highest BCUT2D eigenvalue weighted by Crippen LogP contribution is 2.28. The molecule has 0 radical (unpaired) electrons. The molecule has 0 spiro atoms. The molecule has 0 heterocycles. The maximum Gasteiger partial charge on any atom is 0.200 e. The molecular weight excluding hydrogens is 342 g/mol. The predicted molar refractivity (Wildman–Crippen MR) is 100 cm³/mol. The fourth-order valence-electron chi connectivity index (χ4n) is 2.42. The number of carbonyl (C=O) groups is 1. The molecule has 0 aliphatic heterocycles. The number of ketones is 1. The second-order valence-corrected chi connectivity index (χ2v) is 5.63. The minimum absolute atomic E-state index is 0.138. The molecule has 5 nitrogen and oxygen atoms in total. The molecule has 27 heavy (non-hydrogen) atoms. The number of nitriles is 1. The van der Waals surface area contributed by atoms with Crippen molar-refractivity contribution in [3.05, 3.63) is 83.9 Å². The molecule has 0 saturated heterocycles. The number of para-hydroxylation sites is 1. The Balaban J connectivity index is 1.62. The highest BCUT2D eigenvalue weighted by Gasteiger charge is 2.11. The molecule has 0 fully saturated rings. The Labute approximate surface area is 157 Å². The lowest BCUT2D eigenvalue weighted by molar-refractivity contribution is 0.0919. The number of ether oxygens (including phenoxy) is 3. The van der Waals surface area contributed by atoms with Gasteiger partial charge in [0, 0.05) is 11.6 Å². The van der Waals surface area contributed by atoms with E-state index in [-0.39, 0.29) is 12.4 Å². The summed E-state index contributed by atoms with van der Waals surface area (Å²) >= 11 is 0. The van der Waals surface area contributed by atoms with Crippen molar-refractivity contribution >= 4 is 5.78 Å². The summed E-state index contributed by atoms with van der Waals surface area (Å²) in [5.41, 5.74) is 0.975. The molecular formula is C22H17NO4. The van der Waals surface area contributed by atoms with E-state index in [1.54, 1.807) is 42.5 Å². The lowest BCUT2D eigenvalue weighted by atomic mass is 10.1. The van der Waals surface area contributed by atoms with Gasteiger partial charge in [-0.3, -0.25) is 4.79 Å². The van der Waals surface area contributed by atoms with Crippen LogP contribution < -0.4 is 14.2 Å². The van der Waals surface area contributed by atoms with Crippen molar-refractivity contribution in [1.29, 1.82) is 5.26 Å². The standard InChI is InChI=1S/C22H17NO4/c1-25-22-13-16(14-23)7-12-21(22)26-15-20(24)17-8-10-19(11-9-17)27-18-5-3-2-4-6-18/h2-13H,15H2,1H3. The summed E-state index contributed by atoms with van der Waals surface area (Å²) in [5, 5.41) is 8.92. The molecule has 0 saturated carbocycles. The van der Waals surface area contributed by atoms with Crippen LogP contribution in [0.1, 0.15) is 15.9 Å². The van der Waals surface area contributed by atoms with Crippen LogP contribution >= 0.6 is 0 Å². The Hall–Kier alpha value is -3.78. The quantitative estimate of drug-likeness (QED) is 0.576. The minimum atomic E-state index is -0.173. The zero-order chi connectivity index (χ0) is 19.1. The van der Waals surface area contributed by atoms with E-state index in [1.165, 1.54) is 7.11 Å². The number of rotatable bonds is 7. The number of Topliss-reactive ketones (excluding diaryl/α,β-unsaturated/α-hetero) is 1. The van der Waals surface area contributed by atoms with Gasteiger partial charge in [0.1, 0.15) is 11.5 Å². The maximum atomic E-state index is 12.4. The molecule has 0 amide bonds. The first-order chi connectivity index (χ1) is 13.2. The third-order valence-electron chi connectivity index (χ3n) is 3.81. The van der Waals surface area contributed by atoms with Crippen molar-refractivity contribution in [3.63, 3.8) is 0 Å². The Morgan fingerprint density at radius 2 is 1.63 bits per heavy atom. The van der Waals surface area contributed by atoms with Crippen LogP contribution in [0.3, 0.4) is 0 Å². The molecule has 0 N–H and O–H groups in total. The molecule has 134 valence electrons. The SMILES string of the molecule is COc1cc(C#N)ccc1OCC(=O)c1ccc(Oc2ccccc2)cc1. The van der Waals surface area contributed by atoms with Gasteiger partial charge in [-0.05, 0) is 48.5 Å². The highest BCUT2D eigenvalue weighted by molar-refractivity contribution is 5.97. The first-order valence-corrected chi connectivity index (χ1v) is 8.26. The third-order valence-corrected chi connectivity index (χ3v) is 3.81. The smallest absolute Gasteiger partial charge is 0.200 e. The summed E-state index contributed by atoms with van der Waals surface area (Å²) < 4.78 is 16.5. The Morgan fingerprint density at radius 1 is 0.926 bits per heavy atom. The first-order valence-electron chi connectivity index (χ1n) is 8.26. The summed E-state index contributed by atoms with van der Waals surface area (Å²) in [4.78, 5) is 12.4. The number of benzene rings is 3. The summed E-state index contributed by atoms with van der Waals surface area (Å²) in [6.45, 7) is -0.138. The van der Waals surface area contributed by atoms with Crippen LogP contribution in [0.5, 0.6) is 23.0 Å². The van der Waals surface area contributed by atoms with Gasteiger partial charge in [-0.2, -0.15) is 5.26 Å². The molecule has 0 aliphatic carbocycles. The van der Waals surface area contributed by atoms with Crippen LogP contribution in [0.2, 0.25) is 0 Å². The van der Waals surface area contributed by atoms with E-state index in [9.17, 15) is 4.79 Å². The van der Waals surface area contributed by atoms with E-state index in [4.69, 9.17) is 19.5 Å². The van der Waals surface area contributed by atoms with E-state index in [0.717, 1.165) is 5.75 Å². The molecule has 0 unspecified atom stereocenters. The van der Waals surface area contributed by atoms with Crippen LogP contribution in [-0.2, 0) is 0 Å². The molecule has 3 aromatic rings. The van der Waals surface area contributed by atoms with Gasteiger partial charge >= 0.3 is 0 Å². The van der Waals surface area contributed by atoms with Crippen molar-refractivity contribution in [1.82, 2.24) is 0 Å². The van der Waals surface area contributed by atoms with Crippen LogP contribution in [0.15, 0.2) is 72.8 Å². The molecule has 3 aromatic carbocycles. The first kappa shape index (κ1) is 18.0. The highest BCUT2D eigenvalue weighted by atomic mass is 16.5. The van der Waals surface area contributed by atoms with Gasteiger partial charge in [0.05, 0.1) is 18.7 Å². The Morgan fingerprint density at radius 3 is 2.30 bits per heavy atom. The average Bonchev–Trinajstić information content (AvgIpc) is 2.73. The number of hydrogen-bond donors (Lipinski definition) is 0. The van der Waals surface area contributed by atoms with E-state index in [1.807, 2.05) is 36.4 Å². The lowest BCUT2D eigenvalue weighted by Gasteiger charge is -2.10. The van der Waals surface area contributed by atoms with Crippen LogP contribution in [0.25, 0.3) is 0 Å². The van der Waals surface area contributed by atoms with Gasteiger partial charge in [-0.1, -0.05) is 18.2 Å². The number of methoxy groups -OCH3 is 1. The minimum Gasteiger partial charge on any atom is -0.493 e. The second kappa shape index (κ2) is 8.54. The van der Waals surface area contributed by atoms with E-state index < -0.39 is 0 Å². The van der Waals surface area contributed by atoms with Gasteiger partial charge in [0.25, 0.3) is 0 Å². The molecule has 0 aliphatic rings. The molecule has 5 heteroatoms. The van der Waals surface area contributed by atoms with Gasteiger partial charge in [0.2, 0.25) is 0 Å². The number of nitrogens with zero attached hydrogens (tertiary/aromatic N) is 1. The predicted octanol–water partition coefficient (Wildman–Crippen LogP) is 4.62. The van der Waals surface area contributed by atoms with Crippen molar-refractivity contribution in [2.24, 2.45) is 0 Å². The van der Waals surface area contributed by atoms with Crippen molar-refractivity contribution in [3.8, 4) is 29.1 Å². The monoisotopic (exact) mass is 359 g/mol. The summed E-state index contributed by atoms with van der Waals surface area (Å²) in [5.74, 6) is 2.02. The number of hydrogen-bond acceptors (Lipinski definition) is 5. The van der Waals surface area contributed by atoms with Crippen LogP contribution in [0.4, 0.5) is 0 Å². The van der Waals surface area contributed by atoms with Crippen LogP contribution in [-0.4, -0.2) is 19.5 Å². The fourth-order valence-corrected chi connectivity index (χ4v) is 2.42. The van der Waals surface area contributed by atoms with Gasteiger partial charge in [-0.15, -0.1) is 0 Å². The van der Waals surface area contributed by atoms with Crippen molar-refractivity contribution < 1.29 is 19.0 Å². The largest absolute Gasteiger partial charge is 0.493 e. The molecule has 0 bridgehead atoms. The van der Waals surface area contributed by atoms with E-state index in [2.05, 4.69) is 0 Å². The Kier molecular flexibility index (Phi) is 5.70. The third kappa shape index (κ3) is 4.65. The van der Waals surface area contributed by atoms with Crippen molar-refractivity contribution in [2.75, 3.05) is 13.7 Å². The second-order valence-electron chi connectivity index (χ2n) is 5.63. The van der Waals surface area contributed by atoms with Crippen molar-refractivity contribution in [2.45, 2.75) is 0 Å². The summed E-state index contributed by atoms with van der Waals surface area (Å²) in [6.07, 6.45) is 0. The summed E-state index contributed by atoms with van der Waals surface area (Å²) in [7, 11) is 1.48. The average molecular weight is 359 g/mol. The Bertz CT molecular complexity index is 960. The number of carbonyl (C=O) groups excluding carboxylic acids is 1. The maximum absolute atomic E-state index is 12.4. The van der Waals surface area contributed by atoms with Gasteiger partial charge < -0.3 is 14.2 Å². The van der Waals surface area contributed by atoms with E-state index >= 15 is 0 Å². The molecule has 0 atom stereocenters. The van der Waals surface area contributed by atoms with Gasteiger partial charge in [0.15, 0.2) is 23.9 Å². The summed E-state index contributed by atoms with van der Waals surface area (Å²) in [6, 6.07) is 23.1. The normalized spacial score (nSPS) is 9.93. The zero-order valence-corrected chi connectivity index (χ0v) is 14.7. The van der Waals surface area contributed by atoms with E-state index in [0.29, 0.717) is 28.4 Å². The topological polar surface area (TPSA) is 68.5 Å².